The quantitative estimate of drug-likeness (QED) is 0.475. The van der Waals surface area contributed by atoms with Gasteiger partial charge in [-0.25, -0.2) is 4.79 Å². The molecular formula is C11H17BN2O4. The molecule has 0 bridgehead atoms. The van der Waals surface area contributed by atoms with Crippen molar-refractivity contribution in [1.29, 1.82) is 0 Å². The molecule has 1 unspecified atom stereocenters. The Bertz CT molecular complexity index is 431. The number of carbonyl (C=O) groups excluding carboxylic acids is 1. The standard InChI is InChI=1S/C11H17BN2O4/c1-11(2,3)18-10(15)9(13)7-4-5-14-6-8(7)12(16)17/h4-6,9,16-17H,13H2,1-3H3. The molecule has 4 N–H and O–H groups in total. The van der Waals surface area contributed by atoms with E-state index in [-0.39, 0.29) is 11.0 Å². The van der Waals surface area contributed by atoms with Crippen LogP contribution in [0.15, 0.2) is 18.5 Å². The zero-order chi connectivity index (χ0) is 13.9. The molecule has 0 saturated heterocycles. The highest BCUT2D eigenvalue weighted by atomic mass is 16.6. The average Bonchev–Trinajstić information content (AvgIpc) is 2.25. The summed E-state index contributed by atoms with van der Waals surface area (Å²) in [4.78, 5) is 15.6. The lowest BCUT2D eigenvalue weighted by molar-refractivity contribution is -0.156. The van der Waals surface area contributed by atoms with Crippen LogP contribution in [0.25, 0.3) is 0 Å². The molecule has 0 aliphatic rings. The molecule has 98 valence electrons. The van der Waals surface area contributed by atoms with Crippen LogP contribution in [0.2, 0.25) is 0 Å². The van der Waals surface area contributed by atoms with Crippen molar-refractivity contribution < 1.29 is 19.6 Å². The first kappa shape index (κ1) is 14.6. The van der Waals surface area contributed by atoms with Gasteiger partial charge >= 0.3 is 13.1 Å². The van der Waals surface area contributed by atoms with Gasteiger partial charge in [0.25, 0.3) is 0 Å². The molecule has 1 atom stereocenters. The largest absolute Gasteiger partial charge is 0.490 e. The second-order valence-corrected chi connectivity index (χ2v) is 4.89. The molecule has 18 heavy (non-hydrogen) atoms. The Labute approximate surface area is 106 Å². The lowest BCUT2D eigenvalue weighted by atomic mass is 9.76. The highest BCUT2D eigenvalue weighted by Gasteiger charge is 2.28. The SMILES string of the molecule is CC(C)(C)OC(=O)C(N)c1ccncc1B(O)O. The number of pyridine rings is 1. The van der Waals surface area contributed by atoms with Crippen LogP contribution in [-0.2, 0) is 9.53 Å². The number of hydrogen-bond donors (Lipinski definition) is 3. The van der Waals surface area contributed by atoms with Gasteiger partial charge in [0.05, 0.1) is 0 Å². The third-order valence-electron chi connectivity index (χ3n) is 2.16. The van der Waals surface area contributed by atoms with Crippen molar-refractivity contribution in [3.8, 4) is 0 Å². The van der Waals surface area contributed by atoms with Gasteiger partial charge in [0.2, 0.25) is 0 Å². The number of rotatable bonds is 3. The number of carbonyl (C=O) groups is 1. The maximum atomic E-state index is 11.8. The van der Waals surface area contributed by atoms with Crippen molar-refractivity contribution >= 4 is 18.6 Å². The lowest BCUT2D eigenvalue weighted by Gasteiger charge is -2.23. The van der Waals surface area contributed by atoms with Crippen LogP contribution in [0.5, 0.6) is 0 Å². The molecule has 7 heteroatoms. The van der Waals surface area contributed by atoms with E-state index in [0.717, 1.165) is 0 Å². The molecule has 0 saturated carbocycles. The number of nitrogens with two attached hydrogens (primary N) is 1. The Hall–Kier alpha value is -1.44. The highest BCUT2D eigenvalue weighted by molar-refractivity contribution is 6.59. The van der Waals surface area contributed by atoms with Gasteiger partial charge in [0, 0.05) is 17.9 Å². The normalized spacial score (nSPS) is 13.0. The molecule has 0 aliphatic carbocycles. The minimum absolute atomic E-state index is 0.0934. The van der Waals surface area contributed by atoms with Crippen molar-refractivity contribution in [2.75, 3.05) is 0 Å². The van der Waals surface area contributed by atoms with Gasteiger partial charge in [-0.3, -0.25) is 4.98 Å². The second kappa shape index (κ2) is 5.47. The van der Waals surface area contributed by atoms with Crippen LogP contribution in [0.1, 0.15) is 32.4 Å². The minimum atomic E-state index is -1.73. The number of hydrogen-bond acceptors (Lipinski definition) is 6. The molecule has 1 aromatic rings. The molecule has 0 amide bonds. The Morgan fingerprint density at radius 1 is 1.50 bits per heavy atom. The van der Waals surface area contributed by atoms with Gasteiger partial charge in [-0.05, 0) is 32.4 Å². The Morgan fingerprint density at radius 2 is 2.11 bits per heavy atom. The zero-order valence-electron chi connectivity index (χ0n) is 10.6. The van der Waals surface area contributed by atoms with Crippen molar-refractivity contribution in [3.63, 3.8) is 0 Å². The molecule has 0 radical (unpaired) electrons. The van der Waals surface area contributed by atoms with Crippen LogP contribution < -0.4 is 11.2 Å². The van der Waals surface area contributed by atoms with E-state index in [1.807, 2.05) is 0 Å². The molecule has 1 heterocycles. The Balaban J connectivity index is 2.97. The van der Waals surface area contributed by atoms with Crippen molar-refractivity contribution in [2.24, 2.45) is 5.73 Å². The summed E-state index contributed by atoms with van der Waals surface area (Å²) in [7, 11) is -1.73. The van der Waals surface area contributed by atoms with Gasteiger partial charge in [0.1, 0.15) is 11.6 Å². The van der Waals surface area contributed by atoms with E-state index in [1.54, 1.807) is 20.8 Å². The third kappa shape index (κ3) is 3.80. The highest BCUT2D eigenvalue weighted by Crippen LogP contribution is 2.15. The number of nitrogens with zero attached hydrogens (tertiary/aromatic N) is 1. The summed E-state index contributed by atoms with van der Waals surface area (Å²) in [5.74, 6) is -0.629. The van der Waals surface area contributed by atoms with E-state index in [2.05, 4.69) is 4.98 Å². The van der Waals surface area contributed by atoms with Crippen LogP contribution in [-0.4, -0.2) is 33.7 Å². The predicted molar refractivity (Wildman–Crippen MR) is 66.8 cm³/mol. The topological polar surface area (TPSA) is 106 Å². The molecule has 1 rings (SSSR count). The molecule has 0 aliphatic heterocycles. The maximum Gasteiger partial charge on any atom is 0.490 e. The summed E-state index contributed by atoms with van der Waals surface area (Å²) >= 11 is 0. The molecular weight excluding hydrogens is 235 g/mol. The second-order valence-electron chi connectivity index (χ2n) is 4.89. The summed E-state index contributed by atoms with van der Waals surface area (Å²) in [5, 5.41) is 18.4. The van der Waals surface area contributed by atoms with Gasteiger partial charge < -0.3 is 20.5 Å². The van der Waals surface area contributed by atoms with Crippen molar-refractivity contribution in [1.82, 2.24) is 4.98 Å². The van der Waals surface area contributed by atoms with Crippen molar-refractivity contribution in [3.05, 3.63) is 24.0 Å². The average molecular weight is 252 g/mol. The summed E-state index contributed by atoms with van der Waals surface area (Å²) in [6.45, 7) is 5.18. The van der Waals surface area contributed by atoms with Gasteiger partial charge in [0.15, 0.2) is 0 Å². The summed E-state index contributed by atoms with van der Waals surface area (Å²) in [6.07, 6.45) is 2.68. The van der Waals surface area contributed by atoms with E-state index >= 15 is 0 Å². The predicted octanol–water partition coefficient (Wildman–Crippen LogP) is -0.897. The first-order valence-electron chi connectivity index (χ1n) is 5.51. The lowest BCUT2D eigenvalue weighted by Crippen LogP contribution is -2.39. The first-order valence-corrected chi connectivity index (χ1v) is 5.51. The number of aromatic nitrogens is 1. The molecule has 0 fully saturated rings. The smallest absolute Gasteiger partial charge is 0.459 e. The van der Waals surface area contributed by atoms with Gasteiger partial charge in [-0.2, -0.15) is 0 Å². The maximum absolute atomic E-state index is 11.8. The molecule has 1 aromatic heterocycles. The fourth-order valence-electron chi connectivity index (χ4n) is 1.41. The number of esters is 1. The van der Waals surface area contributed by atoms with Crippen LogP contribution >= 0.6 is 0 Å². The fraction of sp³-hybridized carbons (Fsp3) is 0.455. The van der Waals surface area contributed by atoms with Gasteiger partial charge in [-0.1, -0.05) is 0 Å². The Kier molecular flexibility index (Phi) is 4.45. The third-order valence-corrected chi connectivity index (χ3v) is 2.16. The minimum Gasteiger partial charge on any atom is -0.459 e. The van der Waals surface area contributed by atoms with Crippen molar-refractivity contribution in [2.45, 2.75) is 32.4 Å². The summed E-state index contributed by atoms with van der Waals surface area (Å²) in [5.41, 5.74) is 5.49. The van der Waals surface area contributed by atoms with Gasteiger partial charge in [-0.15, -0.1) is 0 Å². The zero-order valence-corrected chi connectivity index (χ0v) is 10.6. The van der Waals surface area contributed by atoms with Crippen LogP contribution in [0, 0.1) is 0 Å². The first-order chi connectivity index (χ1) is 8.22. The van der Waals surface area contributed by atoms with E-state index < -0.39 is 24.7 Å². The molecule has 6 nitrogen and oxygen atoms in total. The number of ether oxygens (including phenoxy) is 1. The summed E-state index contributed by atoms with van der Waals surface area (Å²) < 4.78 is 5.14. The fourth-order valence-corrected chi connectivity index (χ4v) is 1.41. The summed E-state index contributed by atoms with van der Waals surface area (Å²) in [6, 6.07) is 0.382. The molecule has 0 spiro atoms. The van der Waals surface area contributed by atoms with E-state index in [1.165, 1.54) is 18.5 Å². The van der Waals surface area contributed by atoms with E-state index in [4.69, 9.17) is 10.5 Å². The molecule has 0 aromatic carbocycles. The monoisotopic (exact) mass is 252 g/mol. The van der Waals surface area contributed by atoms with E-state index in [9.17, 15) is 14.8 Å². The Morgan fingerprint density at radius 3 is 2.61 bits per heavy atom. The van der Waals surface area contributed by atoms with Crippen LogP contribution in [0.3, 0.4) is 0 Å². The van der Waals surface area contributed by atoms with E-state index in [0.29, 0.717) is 0 Å². The van der Waals surface area contributed by atoms with Crippen LogP contribution in [0.4, 0.5) is 0 Å².